The van der Waals surface area contributed by atoms with Crippen LogP contribution in [-0.4, -0.2) is 28.6 Å². The van der Waals surface area contributed by atoms with Crippen molar-refractivity contribution in [2.75, 3.05) is 4.72 Å². The molecule has 4 aromatic rings. The summed E-state index contributed by atoms with van der Waals surface area (Å²) < 4.78 is 42.0. The summed E-state index contributed by atoms with van der Waals surface area (Å²) >= 11 is 0. The third-order valence-corrected chi connectivity index (χ3v) is 7.92. The summed E-state index contributed by atoms with van der Waals surface area (Å²) in [5.74, 6) is 0.547. The molecule has 2 N–H and O–H groups in total. The number of benzene rings is 2. The molecule has 2 aromatic carbocycles. The van der Waals surface area contributed by atoms with Crippen LogP contribution in [0.5, 0.6) is 0 Å². The number of halogens is 1. The monoisotopic (exact) mass is 490 g/mol. The van der Waals surface area contributed by atoms with Crippen molar-refractivity contribution >= 4 is 15.7 Å². The van der Waals surface area contributed by atoms with Crippen molar-refractivity contribution < 1.29 is 12.8 Å². The number of nitrogens with one attached hydrogen (secondary N) is 2. The molecule has 0 spiro atoms. The first-order chi connectivity index (χ1) is 16.7. The van der Waals surface area contributed by atoms with Gasteiger partial charge in [-0.05, 0) is 61.7 Å². The SMILES string of the molecule is Cc1cccc(-c2[nH]c(C(C)C)nc2-c2cccc(-c3ccc(NS(=O)(=O)C4CC4)cc3F)c2)n1. The molecule has 0 aliphatic heterocycles. The third-order valence-electron chi connectivity index (χ3n) is 6.05. The Balaban J connectivity index is 1.52. The number of sulfonamides is 1. The Morgan fingerprint density at radius 2 is 1.74 bits per heavy atom. The van der Waals surface area contributed by atoms with Gasteiger partial charge in [0, 0.05) is 22.7 Å². The Morgan fingerprint density at radius 3 is 2.43 bits per heavy atom. The molecule has 35 heavy (non-hydrogen) atoms. The molecule has 2 aromatic heterocycles. The number of hydrogen-bond acceptors (Lipinski definition) is 4. The van der Waals surface area contributed by atoms with E-state index in [1.807, 2.05) is 49.4 Å². The molecule has 1 aliphatic carbocycles. The first-order valence-electron chi connectivity index (χ1n) is 11.7. The molecule has 6 nitrogen and oxygen atoms in total. The van der Waals surface area contributed by atoms with Crippen molar-refractivity contribution in [1.82, 2.24) is 15.0 Å². The zero-order valence-electron chi connectivity index (χ0n) is 19.8. The van der Waals surface area contributed by atoms with Gasteiger partial charge in [0.25, 0.3) is 0 Å². The summed E-state index contributed by atoms with van der Waals surface area (Å²) in [4.78, 5) is 12.9. The van der Waals surface area contributed by atoms with E-state index in [4.69, 9.17) is 4.98 Å². The van der Waals surface area contributed by atoms with Gasteiger partial charge in [-0.3, -0.25) is 9.71 Å². The summed E-state index contributed by atoms with van der Waals surface area (Å²) in [6, 6.07) is 17.8. The van der Waals surface area contributed by atoms with E-state index in [1.54, 1.807) is 12.1 Å². The average Bonchev–Trinajstić information content (AvgIpc) is 3.58. The molecule has 2 heterocycles. The molecule has 0 saturated heterocycles. The fourth-order valence-corrected chi connectivity index (χ4v) is 5.39. The molecule has 8 heteroatoms. The van der Waals surface area contributed by atoms with E-state index in [9.17, 15) is 8.42 Å². The van der Waals surface area contributed by atoms with Gasteiger partial charge >= 0.3 is 0 Å². The number of hydrogen-bond donors (Lipinski definition) is 2. The van der Waals surface area contributed by atoms with Crippen LogP contribution < -0.4 is 4.72 Å². The second kappa shape index (κ2) is 8.92. The van der Waals surface area contributed by atoms with Crippen LogP contribution in [-0.2, 0) is 10.0 Å². The maximum atomic E-state index is 15.1. The molecule has 1 aliphatic rings. The van der Waals surface area contributed by atoms with Crippen molar-refractivity contribution in [3.8, 4) is 33.8 Å². The summed E-state index contributed by atoms with van der Waals surface area (Å²) in [5.41, 5.74) is 5.40. The highest BCUT2D eigenvalue weighted by atomic mass is 32.2. The van der Waals surface area contributed by atoms with Crippen molar-refractivity contribution in [1.29, 1.82) is 0 Å². The van der Waals surface area contributed by atoms with Crippen LogP contribution in [0.3, 0.4) is 0 Å². The number of H-pyrrole nitrogens is 1. The van der Waals surface area contributed by atoms with E-state index in [1.165, 1.54) is 6.07 Å². The van der Waals surface area contributed by atoms with E-state index in [-0.39, 0.29) is 16.9 Å². The summed E-state index contributed by atoms with van der Waals surface area (Å²) in [6.45, 7) is 6.09. The highest BCUT2D eigenvalue weighted by molar-refractivity contribution is 7.93. The Hall–Kier alpha value is -3.52. The minimum atomic E-state index is -3.45. The van der Waals surface area contributed by atoms with Gasteiger partial charge in [0.1, 0.15) is 11.6 Å². The predicted octanol–water partition coefficient (Wildman–Crippen LogP) is 6.28. The van der Waals surface area contributed by atoms with E-state index in [2.05, 4.69) is 28.5 Å². The van der Waals surface area contributed by atoms with E-state index in [0.717, 1.165) is 34.2 Å². The zero-order valence-corrected chi connectivity index (χ0v) is 20.7. The summed E-state index contributed by atoms with van der Waals surface area (Å²) in [5, 5.41) is -0.372. The van der Waals surface area contributed by atoms with E-state index >= 15 is 4.39 Å². The van der Waals surface area contributed by atoms with Crippen LogP contribution in [0.2, 0.25) is 0 Å². The lowest BCUT2D eigenvalue weighted by Crippen LogP contribution is -2.17. The van der Waals surface area contributed by atoms with E-state index in [0.29, 0.717) is 24.0 Å². The van der Waals surface area contributed by atoms with Gasteiger partial charge in [-0.25, -0.2) is 17.8 Å². The molecule has 0 bridgehead atoms. The van der Waals surface area contributed by atoms with Gasteiger partial charge < -0.3 is 4.98 Å². The van der Waals surface area contributed by atoms with Crippen LogP contribution in [0.15, 0.2) is 60.7 Å². The Morgan fingerprint density at radius 1 is 1.00 bits per heavy atom. The lowest BCUT2D eigenvalue weighted by atomic mass is 10.00. The van der Waals surface area contributed by atoms with Gasteiger partial charge in [0.05, 0.1) is 28.0 Å². The highest BCUT2D eigenvalue weighted by Gasteiger charge is 2.35. The van der Waals surface area contributed by atoms with Crippen molar-refractivity contribution in [3.63, 3.8) is 0 Å². The highest BCUT2D eigenvalue weighted by Crippen LogP contribution is 2.35. The van der Waals surface area contributed by atoms with Gasteiger partial charge in [-0.15, -0.1) is 0 Å². The van der Waals surface area contributed by atoms with Gasteiger partial charge in [0.2, 0.25) is 10.0 Å². The summed E-state index contributed by atoms with van der Waals surface area (Å²) in [7, 11) is -3.45. The molecular formula is C27H27FN4O2S. The van der Waals surface area contributed by atoms with E-state index < -0.39 is 15.8 Å². The number of aromatic nitrogens is 3. The maximum Gasteiger partial charge on any atom is 0.235 e. The van der Waals surface area contributed by atoms with Crippen molar-refractivity contribution in [2.45, 2.75) is 44.8 Å². The van der Waals surface area contributed by atoms with Gasteiger partial charge in [-0.2, -0.15) is 0 Å². The number of imidazole rings is 1. The predicted molar refractivity (Wildman–Crippen MR) is 137 cm³/mol. The third kappa shape index (κ3) is 4.84. The van der Waals surface area contributed by atoms with Crippen LogP contribution in [0.1, 0.15) is 44.1 Å². The number of aryl methyl sites for hydroxylation is 1. The Labute approximate surface area is 204 Å². The first-order valence-corrected chi connectivity index (χ1v) is 13.2. The largest absolute Gasteiger partial charge is 0.340 e. The normalized spacial score (nSPS) is 13.9. The number of pyridine rings is 1. The molecule has 1 fully saturated rings. The zero-order chi connectivity index (χ0) is 24.7. The fraction of sp³-hybridized carbons (Fsp3) is 0.259. The van der Waals surface area contributed by atoms with Crippen LogP contribution in [0.25, 0.3) is 33.8 Å². The Kier molecular flexibility index (Phi) is 5.92. The molecule has 0 atom stereocenters. The Bertz CT molecular complexity index is 1510. The van der Waals surface area contributed by atoms with Crippen LogP contribution in [0.4, 0.5) is 10.1 Å². The minimum absolute atomic E-state index is 0.194. The second-order valence-electron chi connectivity index (χ2n) is 9.29. The summed E-state index contributed by atoms with van der Waals surface area (Å²) in [6.07, 6.45) is 1.29. The smallest absolute Gasteiger partial charge is 0.235 e. The number of nitrogens with zero attached hydrogens (tertiary/aromatic N) is 2. The van der Waals surface area contributed by atoms with Crippen molar-refractivity contribution in [3.05, 3.63) is 78.0 Å². The second-order valence-corrected chi connectivity index (χ2v) is 11.2. The standard InChI is InChI=1S/C27H27FN4O2S/c1-16(2)27-30-25(26(31-27)24-9-4-6-17(3)29-24)19-8-5-7-18(14-19)22-13-10-20(15-23(22)28)32-35(33,34)21-11-12-21/h4-10,13-16,21,32H,11-12H2,1-3H3,(H,30,31). The van der Waals surface area contributed by atoms with Crippen LogP contribution >= 0.6 is 0 Å². The average molecular weight is 491 g/mol. The number of rotatable bonds is 7. The minimum Gasteiger partial charge on any atom is -0.340 e. The molecule has 5 rings (SSSR count). The quantitative estimate of drug-likeness (QED) is 0.319. The molecule has 0 unspecified atom stereocenters. The lowest BCUT2D eigenvalue weighted by molar-refractivity contribution is 0.600. The van der Waals surface area contributed by atoms with Gasteiger partial charge in [0.15, 0.2) is 0 Å². The molecule has 1 saturated carbocycles. The molecule has 180 valence electrons. The van der Waals surface area contributed by atoms with Crippen molar-refractivity contribution in [2.24, 2.45) is 0 Å². The van der Waals surface area contributed by atoms with Gasteiger partial charge in [-0.1, -0.05) is 38.1 Å². The fourth-order valence-electron chi connectivity index (χ4n) is 4.01. The molecule has 0 amide bonds. The first kappa shape index (κ1) is 23.2. The molecule has 0 radical (unpaired) electrons. The maximum absolute atomic E-state index is 15.1. The lowest BCUT2D eigenvalue weighted by Gasteiger charge is -2.10. The number of anilines is 1. The molecular weight excluding hydrogens is 463 g/mol. The topological polar surface area (TPSA) is 87.7 Å². The number of aromatic amines is 1. The van der Waals surface area contributed by atoms with Crippen LogP contribution in [0, 0.1) is 12.7 Å².